The summed E-state index contributed by atoms with van der Waals surface area (Å²) in [5.41, 5.74) is 7.26. The number of nitrogen functional groups attached to an aromatic ring is 1. The molecule has 0 spiro atoms. The minimum atomic E-state index is 0.556. The van der Waals surface area contributed by atoms with E-state index >= 15 is 0 Å². The Balaban J connectivity index is 2.44. The minimum absolute atomic E-state index is 0.556. The van der Waals surface area contributed by atoms with Gasteiger partial charge in [0.25, 0.3) is 0 Å². The highest BCUT2D eigenvalue weighted by molar-refractivity contribution is 5.70. The zero-order valence-corrected chi connectivity index (χ0v) is 7.90. The van der Waals surface area contributed by atoms with Crippen molar-refractivity contribution < 1.29 is 4.52 Å². The van der Waals surface area contributed by atoms with E-state index in [-0.39, 0.29) is 0 Å². The molecule has 0 saturated heterocycles. The summed E-state index contributed by atoms with van der Waals surface area (Å²) >= 11 is 0. The molecule has 2 N–H and O–H groups in total. The number of benzene rings is 1. The molecule has 2 rings (SSSR count). The smallest absolute Gasteiger partial charge is 0.226 e. The standard InChI is InChI=1S/C10H11N3O/c1-2-9-12-10(13-14-9)7-5-3-4-6-8(7)11/h3-6H,2,11H2,1H3. The lowest BCUT2D eigenvalue weighted by molar-refractivity contribution is 0.383. The van der Waals surface area contributed by atoms with Gasteiger partial charge in [-0.2, -0.15) is 4.98 Å². The Labute approximate surface area is 81.7 Å². The van der Waals surface area contributed by atoms with Gasteiger partial charge >= 0.3 is 0 Å². The van der Waals surface area contributed by atoms with Crippen LogP contribution in [-0.4, -0.2) is 10.1 Å². The molecule has 0 bridgehead atoms. The van der Waals surface area contributed by atoms with Crippen molar-refractivity contribution in [3.8, 4) is 11.4 Å². The molecule has 0 saturated carbocycles. The molecule has 0 fully saturated rings. The molecule has 0 unspecified atom stereocenters. The van der Waals surface area contributed by atoms with Gasteiger partial charge in [-0.3, -0.25) is 0 Å². The summed E-state index contributed by atoms with van der Waals surface area (Å²) in [4.78, 5) is 4.20. The van der Waals surface area contributed by atoms with Gasteiger partial charge in [0.05, 0.1) is 0 Å². The van der Waals surface area contributed by atoms with Crippen molar-refractivity contribution in [3.05, 3.63) is 30.2 Å². The van der Waals surface area contributed by atoms with E-state index in [9.17, 15) is 0 Å². The number of para-hydroxylation sites is 1. The molecular weight excluding hydrogens is 178 g/mol. The average Bonchev–Trinajstić information content (AvgIpc) is 2.67. The van der Waals surface area contributed by atoms with Crippen LogP contribution in [0.15, 0.2) is 28.8 Å². The van der Waals surface area contributed by atoms with E-state index in [4.69, 9.17) is 10.3 Å². The van der Waals surface area contributed by atoms with E-state index in [1.54, 1.807) is 0 Å². The zero-order chi connectivity index (χ0) is 9.97. The van der Waals surface area contributed by atoms with Crippen LogP contribution < -0.4 is 5.73 Å². The zero-order valence-electron chi connectivity index (χ0n) is 7.90. The highest BCUT2D eigenvalue weighted by Crippen LogP contribution is 2.22. The molecule has 0 aliphatic rings. The summed E-state index contributed by atoms with van der Waals surface area (Å²) in [5.74, 6) is 1.18. The van der Waals surface area contributed by atoms with Gasteiger partial charge in [-0.1, -0.05) is 24.2 Å². The number of aryl methyl sites for hydroxylation is 1. The molecule has 0 amide bonds. The third-order valence-corrected chi connectivity index (χ3v) is 1.97. The highest BCUT2D eigenvalue weighted by Gasteiger charge is 2.08. The first kappa shape index (κ1) is 8.74. The lowest BCUT2D eigenvalue weighted by Crippen LogP contribution is -1.90. The molecule has 2 aromatic rings. The van der Waals surface area contributed by atoms with Crippen molar-refractivity contribution in [2.75, 3.05) is 5.73 Å². The van der Waals surface area contributed by atoms with E-state index in [1.165, 1.54) is 0 Å². The number of nitrogens with two attached hydrogens (primary N) is 1. The molecule has 72 valence electrons. The molecular formula is C10H11N3O. The topological polar surface area (TPSA) is 64.9 Å². The van der Waals surface area contributed by atoms with Gasteiger partial charge in [0, 0.05) is 17.7 Å². The highest BCUT2D eigenvalue weighted by atomic mass is 16.5. The molecule has 0 atom stereocenters. The van der Waals surface area contributed by atoms with Crippen LogP contribution in [0.1, 0.15) is 12.8 Å². The van der Waals surface area contributed by atoms with Crippen LogP contribution in [0.2, 0.25) is 0 Å². The maximum Gasteiger partial charge on any atom is 0.226 e. The Morgan fingerprint density at radius 3 is 2.79 bits per heavy atom. The number of hydrogen-bond donors (Lipinski definition) is 1. The van der Waals surface area contributed by atoms with Crippen LogP contribution in [-0.2, 0) is 6.42 Å². The molecule has 1 aromatic carbocycles. The first-order valence-corrected chi connectivity index (χ1v) is 4.48. The fourth-order valence-electron chi connectivity index (χ4n) is 1.21. The Bertz CT molecular complexity index is 436. The van der Waals surface area contributed by atoms with Crippen molar-refractivity contribution in [1.82, 2.24) is 10.1 Å². The summed E-state index contributed by atoms with van der Waals surface area (Å²) in [5, 5.41) is 3.85. The molecule has 1 aromatic heterocycles. The quantitative estimate of drug-likeness (QED) is 0.732. The predicted octanol–water partition coefficient (Wildman–Crippen LogP) is 1.88. The predicted molar refractivity (Wildman–Crippen MR) is 53.5 cm³/mol. The van der Waals surface area contributed by atoms with E-state index < -0.39 is 0 Å². The summed E-state index contributed by atoms with van der Waals surface area (Å²) in [6.07, 6.45) is 0.736. The largest absolute Gasteiger partial charge is 0.398 e. The van der Waals surface area contributed by atoms with Crippen molar-refractivity contribution in [2.24, 2.45) is 0 Å². The van der Waals surface area contributed by atoms with Gasteiger partial charge in [0.1, 0.15) is 0 Å². The minimum Gasteiger partial charge on any atom is -0.398 e. The molecule has 0 radical (unpaired) electrons. The SMILES string of the molecule is CCc1nc(-c2ccccc2N)no1. The molecule has 4 heteroatoms. The van der Waals surface area contributed by atoms with Gasteiger partial charge in [0.15, 0.2) is 0 Å². The maximum atomic E-state index is 5.78. The second kappa shape index (κ2) is 3.49. The van der Waals surface area contributed by atoms with Crippen molar-refractivity contribution in [3.63, 3.8) is 0 Å². The Hall–Kier alpha value is -1.84. The Morgan fingerprint density at radius 1 is 1.36 bits per heavy atom. The third-order valence-electron chi connectivity index (χ3n) is 1.97. The maximum absolute atomic E-state index is 5.78. The van der Waals surface area contributed by atoms with Gasteiger partial charge in [-0.15, -0.1) is 0 Å². The summed E-state index contributed by atoms with van der Waals surface area (Å²) in [6.45, 7) is 1.96. The van der Waals surface area contributed by atoms with Crippen molar-refractivity contribution in [1.29, 1.82) is 0 Å². The summed E-state index contributed by atoms with van der Waals surface area (Å²) < 4.78 is 5.01. The first-order chi connectivity index (χ1) is 6.81. The van der Waals surface area contributed by atoms with Crippen molar-refractivity contribution >= 4 is 5.69 Å². The van der Waals surface area contributed by atoms with Crippen LogP contribution in [0.25, 0.3) is 11.4 Å². The second-order valence-electron chi connectivity index (χ2n) is 2.95. The number of rotatable bonds is 2. The Kier molecular flexibility index (Phi) is 2.18. The van der Waals surface area contributed by atoms with Gasteiger partial charge in [0.2, 0.25) is 11.7 Å². The van der Waals surface area contributed by atoms with E-state index in [0.29, 0.717) is 17.4 Å². The molecule has 1 heterocycles. The van der Waals surface area contributed by atoms with Crippen LogP contribution in [0.5, 0.6) is 0 Å². The first-order valence-electron chi connectivity index (χ1n) is 4.48. The number of anilines is 1. The summed E-state index contributed by atoms with van der Waals surface area (Å²) in [7, 11) is 0. The molecule has 4 nitrogen and oxygen atoms in total. The fourth-order valence-corrected chi connectivity index (χ4v) is 1.21. The van der Waals surface area contributed by atoms with Crippen LogP contribution >= 0.6 is 0 Å². The third kappa shape index (κ3) is 1.46. The average molecular weight is 189 g/mol. The molecule has 0 aliphatic carbocycles. The molecule has 0 aliphatic heterocycles. The van der Waals surface area contributed by atoms with Crippen LogP contribution in [0.3, 0.4) is 0 Å². The van der Waals surface area contributed by atoms with E-state index in [1.807, 2.05) is 31.2 Å². The fraction of sp³-hybridized carbons (Fsp3) is 0.200. The summed E-state index contributed by atoms with van der Waals surface area (Å²) in [6, 6.07) is 7.46. The normalized spacial score (nSPS) is 10.4. The van der Waals surface area contributed by atoms with Crippen LogP contribution in [0, 0.1) is 0 Å². The van der Waals surface area contributed by atoms with Crippen LogP contribution in [0.4, 0.5) is 5.69 Å². The Morgan fingerprint density at radius 2 is 2.14 bits per heavy atom. The van der Waals surface area contributed by atoms with E-state index in [0.717, 1.165) is 12.0 Å². The lowest BCUT2D eigenvalue weighted by Gasteiger charge is -1.97. The number of hydrogen-bond acceptors (Lipinski definition) is 4. The monoisotopic (exact) mass is 189 g/mol. The van der Waals surface area contributed by atoms with Crippen molar-refractivity contribution in [2.45, 2.75) is 13.3 Å². The number of nitrogens with zero attached hydrogens (tertiary/aromatic N) is 2. The lowest BCUT2D eigenvalue weighted by atomic mass is 10.2. The van der Waals surface area contributed by atoms with Gasteiger partial charge in [-0.25, -0.2) is 0 Å². The van der Waals surface area contributed by atoms with Gasteiger partial charge in [-0.05, 0) is 12.1 Å². The second-order valence-corrected chi connectivity index (χ2v) is 2.95. The number of aromatic nitrogens is 2. The molecule has 14 heavy (non-hydrogen) atoms. The van der Waals surface area contributed by atoms with Gasteiger partial charge < -0.3 is 10.3 Å². The van der Waals surface area contributed by atoms with E-state index in [2.05, 4.69) is 10.1 Å².